The first-order valence-electron chi connectivity index (χ1n) is 4.78. The third-order valence-corrected chi connectivity index (χ3v) is 3.90. The molecule has 0 aliphatic heterocycles. The summed E-state index contributed by atoms with van der Waals surface area (Å²) >= 11 is 0. The number of nitrogens with one attached hydrogen (secondary N) is 1. The molecule has 0 aliphatic rings. The van der Waals surface area contributed by atoms with Gasteiger partial charge in [-0.2, -0.15) is 0 Å². The Kier molecular flexibility index (Phi) is 3.86. The van der Waals surface area contributed by atoms with E-state index < -0.39 is 7.70 Å². The molecule has 15 heavy (non-hydrogen) atoms. The molecule has 0 aromatic heterocycles. The molecule has 1 aromatic rings. The van der Waals surface area contributed by atoms with Crippen LogP contribution in [0.4, 0.5) is 0 Å². The van der Waals surface area contributed by atoms with Crippen molar-refractivity contribution in [3.8, 4) is 5.75 Å². The maximum atomic E-state index is 5.83. The summed E-state index contributed by atoms with van der Waals surface area (Å²) in [4.78, 5) is 0. The molecule has 0 saturated heterocycles. The van der Waals surface area contributed by atoms with Gasteiger partial charge in [0, 0.05) is 13.8 Å². The molecule has 1 unspecified atom stereocenters. The van der Waals surface area contributed by atoms with Crippen LogP contribution in [0.15, 0.2) is 24.3 Å². The Labute approximate surface area is 92.0 Å². The van der Waals surface area contributed by atoms with Crippen LogP contribution in [0.3, 0.4) is 0 Å². The van der Waals surface area contributed by atoms with Gasteiger partial charge < -0.3 is 4.74 Å². The highest BCUT2D eigenvalue weighted by atomic mass is 31.1. The van der Waals surface area contributed by atoms with Crippen LogP contribution in [0.25, 0.3) is 0 Å². The van der Waals surface area contributed by atoms with Crippen LogP contribution < -0.4 is 15.8 Å². The van der Waals surface area contributed by atoms with Crippen molar-refractivity contribution in [3.63, 3.8) is 0 Å². The monoisotopic (exact) mass is 225 g/mol. The third-order valence-electron chi connectivity index (χ3n) is 2.19. The fourth-order valence-electron chi connectivity index (χ4n) is 1.11. The van der Waals surface area contributed by atoms with E-state index in [2.05, 4.69) is 11.5 Å². The molecule has 0 aliphatic carbocycles. The molecule has 82 valence electrons. The Morgan fingerprint density at radius 1 is 1.33 bits per heavy atom. The molecule has 0 fully saturated rings. The minimum absolute atomic E-state index is 0.376. The fourth-order valence-corrected chi connectivity index (χ4v) is 1.63. The number of aryl methyl sites for hydroxylation is 1. The van der Waals surface area contributed by atoms with Crippen LogP contribution in [0.1, 0.15) is 19.4 Å². The number of hydrogen-bond donors (Lipinski definition) is 2. The maximum Gasteiger partial charge on any atom is 0.275 e. The molecule has 0 heterocycles. The molecular weight excluding hydrogens is 207 g/mol. The van der Waals surface area contributed by atoms with Crippen LogP contribution in [0.5, 0.6) is 5.75 Å². The SMILES string of the molecule is C=[P+](NN)C(C)(C)Oc1ccc(C)cc1. The zero-order valence-corrected chi connectivity index (χ0v) is 10.3. The topological polar surface area (TPSA) is 47.3 Å². The summed E-state index contributed by atoms with van der Waals surface area (Å²) in [5.74, 6) is 6.22. The van der Waals surface area contributed by atoms with E-state index in [0.29, 0.717) is 0 Å². The first-order chi connectivity index (χ1) is 6.95. The van der Waals surface area contributed by atoms with Gasteiger partial charge in [-0.1, -0.05) is 22.9 Å². The van der Waals surface area contributed by atoms with Crippen molar-refractivity contribution in [1.29, 1.82) is 0 Å². The van der Waals surface area contributed by atoms with Gasteiger partial charge in [0.25, 0.3) is 5.34 Å². The highest BCUT2D eigenvalue weighted by Crippen LogP contribution is 2.35. The molecule has 0 amide bonds. The molecule has 0 saturated carbocycles. The van der Waals surface area contributed by atoms with Crippen molar-refractivity contribution in [2.45, 2.75) is 26.1 Å². The average molecular weight is 225 g/mol. The molecule has 0 bridgehead atoms. The number of benzene rings is 1. The van der Waals surface area contributed by atoms with Crippen LogP contribution in [-0.4, -0.2) is 11.6 Å². The van der Waals surface area contributed by atoms with Gasteiger partial charge in [-0.05, 0) is 19.1 Å². The summed E-state index contributed by atoms with van der Waals surface area (Å²) in [6.07, 6.45) is 3.95. The van der Waals surface area contributed by atoms with Gasteiger partial charge in [0.2, 0.25) is 7.70 Å². The van der Waals surface area contributed by atoms with Gasteiger partial charge >= 0.3 is 0 Å². The number of rotatable bonds is 4. The highest BCUT2D eigenvalue weighted by Gasteiger charge is 2.34. The molecule has 1 rings (SSSR count). The Morgan fingerprint density at radius 2 is 1.87 bits per heavy atom. The van der Waals surface area contributed by atoms with Crippen molar-refractivity contribution in [2.24, 2.45) is 5.84 Å². The lowest BCUT2D eigenvalue weighted by molar-refractivity contribution is 0.201. The summed E-state index contributed by atoms with van der Waals surface area (Å²) in [5.41, 5.74) is 1.22. The maximum absolute atomic E-state index is 5.83. The lowest BCUT2D eigenvalue weighted by Gasteiger charge is -2.19. The van der Waals surface area contributed by atoms with E-state index in [1.165, 1.54) is 5.56 Å². The number of ether oxygens (including phenoxy) is 1. The van der Waals surface area contributed by atoms with Gasteiger partial charge in [0.1, 0.15) is 5.75 Å². The largest absolute Gasteiger partial charge is 0.446 e. The van der Waals surface area contributed by atoms with Crippen molar-refractivity contribution in [1.82, 2.24) is 5.20 Å². The van der Waals surface area contributed by atoms with Gasteiger partial charge in [-0.15, -0.1) is 0 Å². The van der Waals surface area contributed by atoms with Crippen LogP contribution >= 0.6 is 7.70 Å². The van der Waals surface area contributed by atoms with Crippen LogP contribution in [0.2, 0.25) is 0 Å². The summed E-state index contributed by atoms with van der Waals surface area (Å²) in [6.45, 7) is 6.00. The quantitative estimate of drug-likeness (QED) is 0.470. The van der Waals surface area contributed by atoms with Crippen molar-refractivity contribution < 1.29 is 4.74 Å². The predicted octanol–water partition coefficient (Wildman–Crippen LogP) is 2.40. The first kappa shape index (κ1) is 12.2. The zero-order valence-electron chi connectivity index (χ0n) is 9.45. The van der Waals surface area contributed by atoms with E-state index in [0.717, 1.165) is 5.75 Å². The number of hydrogen-bond acceptors (Lipinski definition) is 3. The van der Waals surface area contributed by atoms with Gasteiger partial charge in [-0.25, -0.2) is 5.84 Å². The second-order valence-corrected chi connectivity index (χ2v) is 6.11. The Bertz CT molecular complexity index is 346. The average Bonchev–Trinajstić information content (AvgIpc) is 2.20. The van der Waals surface area contributed by atoms with E-state index in [9.17, 15) is 0 Å². The standard InChI is InChI=1S/C11H18N2OP/c1-9-5-7-10(8-6-9)14-11(2,3)15(4)13-12/h5-8,13H,4,12H2,1-3H3/q+1. The van der Waals surface area contributed by atoms with E-state index >= 15 is 0 Å². The Morgan fingerprint density at radius 3 is 2.33 bits per heavy atom. The zero-order chi connectivity index (χ0) is 11.5. The number of hydrazine groups is 1. The van der Waals surface area contributed by atoms with Gasteiger partial charge in [0.05, 0.1) is 6.30 Å². The van der Waals surface area contributed by atoms with Crippen LogP contribution in [-0.2, 0) is 0 Å². The Balaban J connectivity index is 2.77. The van der Waals surface area contributed by atoms with E-state index in [-0.39, 0.29) is 5.34 Å². The molecule has 0 spiro atoms. The fraction of sp³-hybridized carbons (Fsp3) is 0.364. The second-order valence-electron chi connectivity index (χ2n) is 3.92. The van der Waals surface area contributed by atoms with E-state index in [4.69, 9.17) is 10.6 Å². The minimum Gasteiger partial charge on any atom is -0.446 e. The van der Waals surface area contributed by atoms with Gasteiger partial charge in [-0.3, -0.25) is 0 Å². The van der Waals surface area contributed by atoms with Crippen molar-refractivity contribution in [3.05, 3.63) is 29.8 Å². The molecule has 3 N–H and O–H groups in total. The molecule has 1 aromatic carbocycles. The van der Waals surface area contributed by atoms with Gasteiger partial charge in [0.15, 0.2) is 0 Å². The van der Waals surface area contributed by atoms with Crippen molar-refractivity contribution in [2.75, 3.05) is 0 Å². The normalized spacial score (nSPS) is 12.4. The smallest absolute Gasteiger partial charge is 0.275 e. The molecular formula is C11H18N2OP+. The van der Waals surface area contributed by atoms with E-state index in [1.807, 2.05) is 45.0 Å². The summed E-state index contributed by atoms with van der Waals surface area (Å²) in [5, 5.41) is 2.29. The summed E-state index contributed by atoms with van der Waals surface area (Å²) in [7, 11) is -0.797. The summed E-state index contributed by atoms with van der Waals surface area (Å²) < 4.78 is 5.83. The summed E-state index contributed by atoms with van der Waals surface area (Å²) in [6, 6.07) is 7.95. The first-order valence-corrected chi connectivity index (χ1v) is 6.31. The minimum atomic E-state index is -0.797. The second kappa shape index (κ2) is 4.75. The Hall–Kier alpha value is -0.890. The van der Waals surface area contributed by atoms with Crippen LogP contribution in [0, 0.1) is 6.92 Å². The lowest BCUT2D eigenvalue weighted by Crippen LogP contribution is -2.30. The number of nitrogens with two attached hydrogens (primary N) is 1. The molecule has 3 nitrogen and oxygen atoms in total. The van der Waals surface area contributed by atoms with E-state index in [1.54, 1.807) is 0 Å². The molecule has 1 atom stereocenters. The van der Waals surface area contributed by atoms with Crippen molar-refractivity contribution >= 4 is 14.0 Å². The molecule has 4 heteroatoms. The lowest BCUT2D eigenvalue weighted by atomic mass is 10.2. The third kappa shape index (κ3) is 3.31. The highest BCUT2D eigenvalue weighted by molar-refractivity contribution is 7.55. The predicted molar refractivity (Wildman–Crippen MR) is 67.3 cm³/mol. The molecule has 0 radical (unpaired) electrons.